The maximum atomic E-state index is 11.9. The number of carbonyl (C=O) groups is 2. The van der Waals surface area contributed by atoms with Gasteiger partial charge in [0.15, 0.2) is 0 Å². The fourth-order valence-corrected chi connectivity index (χ4v) is 2.00. The molecule has 6 heteroatoms. The van der Waals surface area contributed by atoms with Gasteiger partial charge in [0.25, 0.3) is 5.91 Å². The van der Waals surface area contributed by atoms with Crippen LogP contribution in [0.3, 0.4) is 0 Å². The maximum Gasteiger partial charge on any atom is 0.250 e. The molecule has 0 bridgehead atoms. The molecule has 0 saturated heterocycles. The Bertz CT molecular complexity index is 484. The van der Waals surface area contributed by atoms with Gasteiger partial charge in [0.05, 0.1) is 16.9 Å². The molecule has 0 fully saturated rings. The Labute approximate surface area is 119 Å². The molecule has 0 atom stereocenters. The summed E-state index contributed by atoms with van der Waals surface area (Å²) in [6.07, 6.45) is 0.341. The lowest BCUT2D eigenvalue weighted by Crippen LogP contribution is -2.31. The highest BCUT2D eigenvalue weighted by Crippen LogP contribution is 2.22. The summed E-state index contributed by atoms with van der Waals surface area (Å²) >= 11 is 0. The summed E-state index contributed by atoms with van der Waals surface area (Å²) in [4.78, 5) is 24.9. The molecule has 1 aromatic rings. The van der Waals surface area contributed by atoms with E-state index >= 15 is 0 Å². The van der Waals surface area contributed by atoms with E-state index in [0.29, 0.717) is 43.0 Å². The molecule has 20 heavy (non-hydrogen) atoms. The summed E-state index contributed by atoms with van der Waals surface area (Å²) in [6.45, 7) is 5.67. The summed E-state index contributed by atoms with van der Waals surface area (Å²) in [5.74, 6) is -0.479. The smallest absolute Gasteiger partial charge is 0.250 e. The number of primary amides is 1. The Kier molecular flexibility index (Phi) is 5.83. The van der Waals surface area contributed by atoms with Crippen molar-refractivity contribution in [2.75, 3.05) is 30.7 Å². The second-order valence-electron chi connectivity index (χ2n) is 4.38. The van der Waals surface area contributed by atoms with Crippen LogP contribution in [0.5, 0.6) is 0 Å². The molecule has 2 amide bonds. The van der Waals surface area contributed by atoms with Gasteiger partial charge in [0.1, 0.15) is 0 Å². The second kappa shape index (κ2) is 7.37. The van der Waals surface area contributed by atoms with Gasteiger partial charge >= 0.3 is 0 Å². The molecule has 0 saturated carbocycles. The van der Waals surface area contributed by atoms with E-state index in [9.17, 15) is 9.59 Å². The molecule has 6 nitrogen and oxygen atoms in total. The van der Waals surface area contributed by atoms with Crippen LogP contribution in [0, 0.1) is 0 Å². The van der Waals surface area contributed by atoms with Crippen molar-refractivity contribution < 1.29 is 9.59 Å². The van der Waals surface area contributed by atoms with Gasteiger partial charge in [-0.05, 0) is 26.0 Å². The predicted molar refractivity (Wildman–Crippen MR) is 80.4 cm³/mol. The number of nitrogen functional groups attached to an aromatic ring is 1. The van der Waals surface area contributed by atoms with Crippen molar-refractivity contribution in [1.82, 2.24) is 4.90 Å². The van der Waals surface area contributed by atoms with Gasteiger partial charge in [0, 0.05) is 26.1 Å². The SMILES string of the molecule is CCN(CC)C(=O)CCNc1c(N)cccc1C(N)=O. The van der Waals surface area contributed by atoms with Crippen LogP contribution in [-0.2, 0) is 4.79 Å². The molecule has 1 rings (SSSR count). The molecule has 0 aliphatic rings. The van der Waals surface area contributed by atoms with Crippen LogP contribution in [0.1, 0.15) is 30.6 Å². The Morgan fingerprint density at radius 2 is 1.90 bits per heavy atom. The van der Waals surface area contributed by atoms with Crippen LogP contribution in [0.15, 0.2) is 18.2 Å². The normalized spacial score (nSPS) is 10.1. The number of anilines is 2. The largest absolute Gasteiger partial charge is 0.397 e. The minimum Gasteiger partial charge on any atom is -0.397 e. The van der Waals surface area contributed by atoms with E-state index < -0.39 is 5.91 Å². The molecule has 110 valence electrons. The number of para-hydroxylation sites is 1. The first-order chi connectivity index (χ1) is 9.51. The van der Waals surface area contributed by atoms with E-state index in [2.05, 4.69) is 5.32 Å². The highest BCUT2D eigenvalue weighted by atomic mass is 16.2. The Balaban J connectivity index is 2.67. The Hall–Kier alpha value is -2.24. The van der Waals surface area contributed by atoms with E-state index in [1.54, 1.807) is 23.1 Å². The molecule has 0 unspecified atom stereocenters. The lowest BCUT2D eigenvalue weighted by atomic mass is 10.1. The van der Waals surface area contributed by atoms with Crippen molar-refractivity contribution in [2.24, 2.45) is 5.73 Å². The monoisotopic (exact) mass is 278 g/mol. The number of nitrogens with two attached hydrogens (primary N) is 2. The highest BCUT2D eigenvalue weighted by molar-refractivity contribution is 6.01. The third kappa shape index (κ3) is 3.88. The van der Waals surface area contributed by atoms with Crippen molar-refractivity contribution in [2.45, 2.75) is 20.3 Å². The number of hydrogen-bond donors (Lipinski definition) is 3. The van der Waals surface area contributed by atoms with E-state index in [-0.39, 0.29) is 5.91 Å². The molecular formula is C14H22N4O2. The minimum atomic E-state index is -0.546. The van der Waals surface area contributed by atoms with Gasteiger partial charge in [-0.15, -0.1) is 0 Å². The van der Waals surface area contributed by atoms with Gasteiger partial charge in [-0.25, -0.2) is 0 Å². The molecule has 0 aromatic heterocycles. The second-order valence-corrected chi connectivity index (χ2v) is 4.38. The van der Waals surface area contributed by atoms with Crippen molar-refractivity contribution in [3.8, 4) is 0 Å². The van der Waals surface area contributed by atoms with E-state index in [1.807, 2.05) is 13.8 Å². The number of amides is 2. The number of nitrogens with one attached hydrogen (secondary N) is 1. The standard InChI is InChI=1S/C14H22N4O2/c1-3-18(4-2)12(19)8-9-17-13-10(14(16)20)6-5-7-11(13)15/h5-7,17H,3-4,8-9,15H2,1-2H3,(H2,16,20). The van der Waals surface area contributed by atoms with Gasteiger partial charge in [-0.1, -0.05) is 6.07 Å². The van der Waals surface area contributed by atoms with Crippen LogP contribution < -0.4 is 16.8 Å². The summed E-state index contributed by atoms with van der Waals surface area (Å²) < 4.78 is 0. The van der Waals surface area contributed by atoms with Crippen LogP contribution in [0.25, 0.3) is 0 Å². The molecule has 1 aromatic carbocycles. The third-order valence-corrected chi connectivity index (χ3v) is 3.12. The quantitative estimate of drug-likeness (QED) is 0.648. The number of nitrogens with zero attached hydrogens (tertiary/aromatic N) is 1. The lowest BCUT2D eigenvalue weighted by Gasteiger charge is -2.19. The van der Waals surface area contributed by atoms with Gasteiger partial charge in [-0.2, -0.15) is 0 Å². The highest BCUT2D eigenvalue weighted by Gasteiger charge is 2.12. The molecule has 0 radical (unpaired) electrons. The van der Waals surface area contributed by atoms with E-state index in [0.717, 1.165) is 0 Å². The summed E-state index contributed by atoms with van der Waals surface area (Å²) in [7, 11) is 0. The molecule has 0 aliphatic heterocycles. The minimum absolute atomic E-state index is 0.0672. The van der Waals surface area contributed by atoms with Crippen LogP contribution in [0.4, 0.5) is 11.4 Å². The maximum absolute atomic E-state index is 11.9. The zero-order valence-corrected chi connectivity index (χ0v) is 12.0. The van der Waals surface area contributed by atoms with Crippen LogP contribution >= 0.6 is 0 Å². The Morgan fingerprint density at radius 3 is 2.45 bits per heavy atom. The molecule has 0 spiro atoms. The molecule has 5 N–H and O–H groups in total. The van der Waals surface area contributed by atoms with E-state index in [1.165, 1.54) is 0 Å². The first-order valence-corrected chi connectivity index (χ1v) is 6.71. The summed E-state index contributed by atoms with van der Waals surface area (Å²) in [5, 5.41) is 3.02. The number of carbonyl (C=O) groups excluding carboxylic acids is 2. The zero-order valence-electron chi connectivity index (χ0n) is 12.0. The van der Waals surface area contributed by atoms with Crippen LogP contribution in [-0.4, -0.2) is 36.3 Å². The Morgan fingerprint density at radius 1 is 1.25 bits per heavy atom. The number of benzene rings is 1. The average molecular weight is 278 g/mol. The fourth-order valence-electron chi connectivity index (χ4n) is 2.00. The van der Waals surface area contributed by atoms with Crippen molar-refractivity contribution >= 4 is 23.2 Å². The van der Waals surface area contributed by atoms with Gasteiger partial charge < -0.3 is 21.7 Å². The van der Waals surface area contributed by atoms with E-state index in [4.69, 9.17) is 11.5 Å². The number of rotatable bonds is 7. The van der Waals surface area contributed by atoms with Gasteiger partial charge in [0.2, 0.25) is 5.91 Å². The molecule has 0 heterocycles. The lowest BCUT2D eigenvalue weighted by molar-refractivity contribution is -0.130. The van der Waals surface area contributed by atoms with Crippen LogP contribution in [0.2, 0.25) is 0 Å². The first-order valence-electron chi connectivity index (χ1n) is 6.71. The zero-order chi connectivity index (χ0) is 15.1. The van der Waals surface area contributed by atoms with Crippen molar-refractivity contribution in [3.05, 3.63) is 23.8 Å². The topological polar surface area (TPSA) is 101 Å². The molecule has 0 aliphatic carbocycles. The van der Waals surface area contributed by atoms with Gasteiger partial charge in [-0.3, -0.25) is 9.59 Å². The van der Waals surface area contributed by atoms with Crippen molar-refractivity contribution in [3.63, 3.8) is 0 Å². The average Bonchev–Trinajstić information content (AvgIpc) is 2.41. The third-order valence-electron chi connectivity index (χ3n) is 3.12. The van der Waals surface area contributed by atoms with Crippen molar-refractivity contribution in [1.29, 1.82) is 0 Å². The fraction of sp³-hybridized carbons (Fsp3) is 0.429. The predicted octanol–water partition coefficient (Wildman–Crippen LogP) is 1.04. The number of hydrogen-bond acceptors (Lipinski definition) is 4. The molecular weight excluding hydrogens is 256 g/mol. The first kappa shape index (κ1) is 15.8. The summed E-state index contributed by atoms with van der Waals surface area (Å²) in [5.41, 5.74) is 12.4. The summed E-state index contributed by atoms with van der Waals surface area (Å²) in [6, 6.07) is 4.95.